The molecule has 0 bridgehead atoms. The van der Waals surface area contributed by atoms with Gasteiger partial charge in [0.25, 0.3) is 0 Å². The van der Waals surface area contributed by atoms with Crippen molar-refractivity contribution in [3.8, 4) is 11.3 Å². The van der Waals surface area contributed by atoms with Crippen LogP contribution in [-0.4, -0.2) is 33.6 Å². The van der Waals surface area contributed by atoms with Crippen molar-refractivity contribution in [2.24, 2.45) is 0 Å². The van der Waals surface area contributed by atoms with Crippen LogP contribution in [0.3, 0.4) is 0 Å². The Labute approximate surface area is 162 Å². The Bertz CT molecular complexity index is 934. The van der Waals surface area contributed by atoms with Crippen LogP contribution in [0.2, 0.25) is 0 Å². The smallest absolute Gasteiger partial charge is 0.233 e. The van der Waals surface area contributed by atoms with Gasteiger partial charge in [-0.05, 0) is 19.1 Å². The van der Waals surface area contributed by atoms with Crippen LogP contribution >= 0.6 is 11.8 Å². The van der Waals surface area contributed by atoms with Gasteiger partial charge in [-0.25, -0.2) is 14.4 Å². The van der Waals surface area contributed by atoms with Gasteiger partial charge >= 0.3 is 0 Å². The summed E-state index contributed by atoms with van der Waals surface area (Å²) < 4.78 is 13.8. The van der Waals surface area contributed by atoms with Crippen LogP contribution in [0.5, 0.6) is 0 Å². The van der Waals surface area contributed by atoms with E-state index in [0.29, 0.717) is 10.7 Å². The van der Waals surface area contributed by atoms with Crippen LogP contribution in [0.4, 0.5) is 4.39 Å². The molecule has 0 aliphatic carbocycles. The second-order valence-corrected chi connectivity index (χ2v) is 7.12. The highest BCUT2D eigenvalue weighted by molar-refractivity contribution is 7.99. The second kappa shape index (κ2) is 8.77. The quantitative estimate of drug-likeness (QED) is 0.471. The molecule has 0 spiro atoms. The fourth-order valence-corrected chi connectivity index (χ4v) is 3.41. The Hall–Kier alpha value is -2.73. The van der Waals surface area contributed by atoms with Crippen molar-refractivity contribution in [1.29, 1.82) is 0 Å². The summed E-state index contributed by atoms with van der Waals surface area (Å²) in [6, 6.07) is 18.3. The first kappa shape index (κ1) is 19.0. The highest BCUT2D eigenvalue weighted by atomic mass is 32.2. The van der Waals surface area contributed by atoms with Crippen LogP contribution in [0.15, 0.2) is 65.8 Å². The first-order valence-corrected chi connectivity index (χ1v) is 9.53. The van der Waals surface area contributed by atoms with Gasteiger partial charge in [-0.3, -0.25) is 4.79 Å². The average Bonchev–Trinajstić information content (AvgIpc) is 2.68. The number of thioether (sulfide) groups is 1. The fraction of sp³-hybridized carbons (Fsp3) is 0.190. The van der Waals surface area contributed by atoms with Crippen molar-refractivity contribution < 1.29 is 9.18 Å². The molecule has 0 fully saturated rings. The van der Waals surface area contributed by atoms with Crippen LogP contribution < -0.4 is 0 Å². The molecule has 0 atom stereocenters. The van der Waals surface area contributed by atoms with Gasteiger partial charge in [-0.15, -0.1) is 0 Å². The van der Waals surface area contributed by atoms with Crippen LogP contribution in [0, 0.1) is 12.7 Å². The molecule has 0 aliphatic heterocycles. The third kappa shape index (κ3) is 5.14. The van der Waals surface area contributed by atoms with Crippen molar-refractivity contribution in [2.75, 3.05) is 12.8 Å². The van der Waals surface area contributed by atoms with Gasteiger partial charge in [0.2, 0.25) is 5.91 Å². The number of carbonyl (C=O) groups is 1. The molecule has 1 amide bonds. The van der Waals surface area contributed by atoms with E-state index in [0.717, 1.165) is 17.0 Å². The lowest BCUT2D eigenvalue weighted by Gasteiger charge is -2.17. The van der Waals surface area contributed by atoms with Crippen molar-refractivity contribution in [2.45, 2.75) is 18.6 Å². The molecule has 0 radical (unpaired) electrons. The van der Waals surface area contributed by atoms with E-state index in [4.69, 9.17) is 0 Å². The maximum atomic E-state index is 13.8. The number of halogens is 1. The average molecular weight is 381 g/mol. The van der Waals surface area contributed by atoms with Gasteiger partial charge in [0.15, 0.2) is 5.16 Å². The number of hydrogen-bond acceptors (Lipinski definition) is 4. The number of benzene rings is 2. The predicted molar refractivity (Wildman–Crippen MR) is 106 cm³/mol. The summed E-state index contributed by atoms with van der Waals surface area (Å²) >= 11 is 1.29. The number of aromatic nitrogens is 2. The topological polar surface area (TPSA) is 46.1 Å². The highest BCUT2D eigenvalue weighted by Gasteiger charge is 2.13. The Morgan fingerprint density at radius 3 is 2.52 bits per heavy atom. The zero-order valence-corrected chi connectivity index (χ0v) is 16.0. The van der Waals surface area contributed by atoms with E-state index in [2.05, 4.69) is 9.97 Å². The molecule has 0 aliphatic rings. The molecule has 2 aromatic carbocycles. The van der Waals surface area contributed by atoms with E-state index in [9.17, 15) is 9.18 Å². The molecule has 3 rings (SSSR count). The summed E-state index contributed by atoms with van der Waals surface area (Å²) in [6.45, 7) is 2.14. The normalized spacial score (nSPS) is 10.6. The summed E-state index contributed by atoms with van der Waals surface area (Å²) in [4.78, 5) is 22.9. The Balaban J connectivity index is 1.65. The summed E-state index contributed by atoms with van der Waals surface area (Å²) in [7, 11) is 1.67. The van der Waals surface area contributed by atoms with Gasteiger partial charge in [-0.2, -0.15) is 0 Å². The van der Waals surface area contributed by atoms with Gasteiger partial charge < -0.3 is 4.90 Å². The molecular formula is C21H20FN3OS. The van der Waals surface area contributed by atoms with Gasteiger partial charge in [0.1, 0.15) is 5.82 Å². The monoisotopic (exact) mass is 381 g/mol. The van der Waals surface area contributed by atoms with Gasteiger partial charge in [0.05, 0.1) is 11.4 Å². The number of carbonyl (C=O) groups excluding carboxylic acids is 1. The van der Waals surface area contributed by atoms with Gasteiger partial charge in [-0.1, -0.05) is 60.3 Å². The fourth-order valence-electron chi connectivity index (χ4n) is 2.57. The van der Waals surface area contributed by atoms with Crippen molar-refractivity contribution in [3.63, 3.8) is 0 Å². The molecule has 1 heterocycles. The number of nitrogens with zero attached hydrogens (tertiary/aromatic N) is 3. The number of rotatable bonds is 6. The van der Waals surface area contributed by atoms with E-state index in [1.54, 1.807) is 25.2 Å². The summed E-state index contributed by atoms with van der Waals surface area (Å²) in [6.07, 6.45) is 0. The van der Waals surface area contributed by atoms with Crippen molar-refractivity contribution >= 4 is 17.7 Å². The third-order valence-corrected chi connectivity index (χ3v) is 4.85. The summed E-state index contributed by atoms with van der Waals surface area (Å²) in [5.74, 6) is -0.211. The lowest BCUT2D eigenvalue weighted by atomic mass is 10.1. The van der Waals surface area contributed by atoms with E-state index in [1.165, 1.54) is 22.7 Å². The summed E-state index contributed by atoms with van der Waals surface area (Å²) in [5.41, 5.74) is 3.18. The minimum absolute atomic E-state index is 0.102. The third-order valence-electron chi connectivity index (χ3n) is 4.02. The summed E-state index contributed by atoms with van der Waals surface area (Å²) in [5, 5.41) is 0.557. The van der Waals surface area contributed by atoms with Crippen molar-refractivity contribution in [3.05, 3.63) is 77.7 Å². The number of hydrogen-bond donors (Lipinski definition) is 0. The first-order valence-electron chi connectivity index (χ1n) is 8.54. The Morgan fingerprint density at radius 1 is 1.07 bits per heavy atom. The van der Waals surface area contributed by atoms with Gasteiger partial charge in [0, 0.05) is 30.4 Å². The van der Waals surface area contributed by atoms with Crippen LogP contribution in [-0.2, 0) is 11.3 Å². The maximum absolute atomic E-state index is 13.8. The molecule has 4 nitrogen and oxygen atoms in total. The predicted octanol–water partition coefficient (Wildman–Crippen LogP) is 4.34. The molecule has 1 aromatic heterocycles. The first-order chi connectivity index (χ1) is 13.0. The van der Waals surface area contributed by atoms with E-state index in [1.807, 2.05) is 43.3 Å². The standard InChI is InChI=1S/C21H20FN3OS/c1-15-12-19(16-8-4-3-5-9-16)24-21(23-15)27-14-20(26)25(2)13-17-10-6-7-11-18(17)22/h3-12H,13-14H2,1-2H3. The zero-order valence-electron chi connectivity index (χ0n) is 15.2. The zero-order chi connectivity index (χ0) is 19.2. The van der Waals surface area contributed by atoms with E-state index in [-0.39, 0.29) is 24.0 Å². The number of aryl methyl sites for hydroxylation is 1. The lowest BCUT2D eigenvalue weighted by Crippen LogP contribution is -2.28. The highest BCUT2D eigenvalue weighted by Crippen LogP contribution is 2.22. The van der Waals surface area contributed by atoms with Crippen LogP contribution in [0.25, 0.3) is 11.3 Å². The molecule has 0 N–H and O–H groups in total. The molecule has 0 saturated heterocycles. The molecule has 6 heteroatoms. The minimum atomic E-state index is -0.306. The van der Waals surface area contributed by atoms with E-state index < -0.39 is 0 Å². The van der Waals surface area contributed by atoms with Crippen molar-refractivity contribution in [1.82, 2.24) is 14.9 Å². The largest absolute Gasteiger partial charge is 0.341 e. The van der Waals surface area contributed by atoms with E-state index >= 15 is 0 Å². The SMILES string of the molecule is Cc1cc(-c2ccccc2)nc(SCC(=O)N(C)Cc2ccccc2F)n1. The van der Waals surface area contributed by atoms with Crippen LogP contribution in [0.1, 0.15) is 11.3 Å². The molecule has 3 aromatic rings. The second-order valence-electron chi connectivity index (χ2n) is 6.17. The number of amides is 1. The Morgan fingerprint density at radius 2 is 1.78 bits per heavy atom. The molecule has 0 unspecified atom stereocenters. The molecule has 138 valence electrons. The Kier molecular flexibility index (Phi) is 6.19. The maximum Gasteiger partial charge on any atom is 0.233 e. The molecule has 0 saturated carbocycles. The lowest BCUT2D eigenvalue weighted by molar-refractivity contribution is -0.127. The molecular weight excluding hydrogens is 361 g/mol. The molecule has 27 heavy (non-hydrogen) atoms. The minimum Gasteiger partial charge on any atom is -0.341 e.